The lowest BCUT2D eigenvalue weighted by Crippen LogP contribution is -2.52. The van der Waals surface area contributed by atoms with Gasteiger partial charge in [0, 0.05) is 27.1 Å². The summed E-state index contributed by atoms with van der Waals surface area (Å²) in [5, 5.41) is 0.689. The molecule has 0 bridgehead atoms. The Hall–Kier alpha value is -1.09. The second-order valence-electron chi connectivity index (χ2n) is 6.78. The van der Waals surface area contributed by atoms with E-state index in [4.69, 9.17) is 0 Å². The SMILES string of the molecule is O=P(c1ccccc1)(c1ccccc1)C(CCI)CCC(F)(F)C(F)(F)C(F)(F)F. The zero-order valence-corrected chi connectivity index (χ0v) is 18.6. The van der Waals surface area contributed by atoms with Gasteiger partial charge < -0.3 is 4.57 Å². The maximum atomic E-state index is 14.2. The Bertz CT molecular complexity index is 813. The summed E-state index contributed by atoms with van der Waals surface area (Å²) in [5.41, 5.74) is -1.02. The van der Waals surface area contributed by atoms with Crippen LogP contribution in [-0.4, -0.2) is 28.1 Å². The van der Waals surface area contributed by atoms with E-state index in [-0.39, 0.29) is 6.42 Å². The smallest absolute Gasteiger partial charge is 0.313 e. The lowest BCUT2D eigenvalue weighted by molar-refractivity contribution is -0.355. The Morgan fingerprint density at radius 3 is 1.57 bits per heavy atom. The van der Waals surface area contributed by atoms with Gasteiger partial charge in [-0.2, -0.15) is 30.7 Å². The van der Waals surface area contributed by atoms with E-state index in [9.17, 15) is 35.3 Å². The van der Waals surface area contributed by atoms with Gasteiger partial charge in [-0.05, 0) is 12.8 Å². The summed E-state index contributed by atoms with van der Waals surface area (Å²) in [6, 6.07) is 16.0. The molecular formula is C20H19F7IOP. The van der Waals surface area contributed by atoms with E-state index >= 15 is 0 Å². The van der Waals surface area contributed by atoms with Gasteiger partial charge in [0.2, 0.25) is 0 Å². The maximum absolute atomic E-state index is 14.2. The Balaban J connectivity index is 2.46. The standard InChI is InChI=1S/C20H19F7IOP/c21-18(22,19(23,24)20(25,26)27)13-11-17(12-14-28)30(29,15-7-3-1-4-8-15)16-9-5-2-6-10-16/h1-10,17H,11-14H2. The first-order chi connectivity index (χ1) is 13.9. The first-order valence-electron chi connectivity index (χ1n) is 8.97. The van der Waals surface area contributed by atoms with E-state index in [2.05, 4.69) is 0 Å². The van der Waals surface area contributed by atoms with Crippen molar-refractivity contribution < 1.29 is 35.3 Å². The van der Waals surface area contributed by atoms with Gasteiger partial charge >= 0.3 is 18.0 Å². The molecule has 0 aliphatic carbocycles. The molecule has 0 heterocycles. The van der Waals surface area contributed by atoms with Crippen molar-refractivity contribution in [1.82, 2.24) is 0 Å². The lowest BCUT2D eigenvalue weighted by atomic mass is 10.0. The van der Waals surface area contributed by atoms with Crippen LogP contribution < -0.4 is 10.6 Å². The molecule has 2 aromatic rings. The number of hydrogen-bond acceptors (Lipinski definition) is 1. The van der Waals surface area contributed by atoms with Crippen LogP contribution in [0.4, 0.5) is 30.7 Å². The van der Waals surface area contributed by atoms with Gasteiger partial charge in [-0.15, -0.1) is 0 Å². The third kappa shape index (κ3) is 5.03. The topological polar surface area (TPSA) is 17.1 Å². The van der Waals surface area contributed by atoms with Crippen molar-refractivity contribution in [3.05, 3.63) is 60.7 Å². The Morgan fingerprint density at radius 2 is 1.20 bits per heavy atom. The zero-order chi connectivity index (χ0) is 22.6. The highest BCUT2D eigenvalue weighted by Gasteiger charge is 2.72. The number of halogens is 8. The van der Waals surface area contributed by atoms with Crippen LogP contribution >= 0.6 is 29.7 Å². The van der Waals surface area contributed by atoms with Gasteiger partial charge in [0.15, 0.2) is 0 Å². The fourth-order valence-electron chi connectivity index (χ4n) is 3.22. The second kappa shape index (κ2) is 9.59. The van der Waals surface area contributed by atoms with Crippen LogP contribution in [0.15, 0.2) is 60.7 Å². The van der Waals surface area contributed by atoms with E-state index < -0.39 is 43.7 Å². The summed E-state index contributed by atoms with van der Waals surface area (Å²) in [6.45, 7) is 0. The minimum atomic E-state index is -6.38. The molecule has 30 heavy (non-hydrogen) atoms. The molecule has 2 aromatic carbocycles. The van der Waals surface area contributed by atoms with Crippen LogP contribution in [-0.2, 0) is 4.57 Å². The largest absolute Gasteiger partial charge is 0.459 e. The highest BCUT2D eigenvalue weighted by atomic mass is 127. The monoisotopic (exact) mass is 566 g/mol. The molecule has 166 valence electrons. The molecule has 10 heteroatoms. The Morgan fingerprint density at radius 1 is 0.767 bits per heavy atom. The number of benzene rings is 2. The van der Waals surface area contributed by atoms with Gasteiger partial charge in [0.25, 0.3) is 0 Å². The predicted octanol–water partition coefficient (Wildman–Crippen LogP) is 6.81. The molecule has 0 N–H and O–H groups in total. The summed E-state index contributed by atoms with van der Waals surface area (Å²) >= 11 is 1.93. The van der Waals surface area contributed by atoms with E-state index in [0.717, 1.165) is 0 Å². The average molecular weight is 566 g/mol. The first kappa shape index (κ1) is 25.2. The summed E-state index contributed by atoms with van der Waals surface area (Å²) in [6.07, 6.45) is -8.74. The predicted molar refractivity (Wildman–Crippen MR) is 112 cm³/mol. The van der Waals surface area contributed by atoms with Gasteiger partial charge in [-0.1, -0.05) is 83.3 Å². The molecule has 1 unspecified atom stereocenters. The normalized spacial score (nSPS) is 14.5. The highest BCUT2D eigenvalue weighted by Crippen LogP contribution is 2.54. The van der Waals surface area contributed by atoms with Gasteiger partial charge in [0.1, 0.15) is 7.14 Å². The number of hydrogen-bond donors (Lipinski definition) is 0. The first-order valence-corrected chi connectivity index (χ1v) is 12.3. The fourth-order valence-corrected chi connectivity index (χ4v) is 7.82. The summed E-state index contributed by atoms with van der Waals surface area (Å²) < 4.78 is 107. The van der Waals surface area contributed by atoms with Crippen LogP contribution in [0.25, 0.3) is 0 Å². The molecule has 0 saturated heterocycles. The van der Waals surface area contributed by atoms with Crippen molar-refractivity contribution in [2.24, 2.45) is 0 Å². The Kier molecular flexibility index (Phi) is 8.05. The van der Waals surface area contributed by atoms with E-state index in [1.807, 2.05) is 22.6 Å². The van der Waals surface area contributed by atoms with Gasteiger partial charge in [-0.25, -0.2) is 0 Å². The van der Waals surface area contributed by atoms with E-state index in [1.54, 1.807) is 60.7 Å². The molecule has 0 fully saturated rings. The molecule has 0 saturated carbocycles. The van der Waals surface area contributed by atoms with E-state index in [0.29, 0.717) is 15.0 Å². The summed E-state index contributed by atoms with van der Waals surface area (Å²) in [4.78, 5) is 0. The van der Waals surface area contributed by atoms with Crippen molar-refractivity contribution in [1.29, 1.82) is 0 Å². The number of rotatable bonds is 9. The molecule has 0 aromatic heterocycles. The van der Waals surface area contributed by atoms with Crippen molar-refractivity contribution in [2.75, 3.05) is 4.43 Å². The molecule has 0 aliphatic heterocycles. The van der Waals surface area contributed by atoms with Crippen LogP contribution in [0.1, 0.15) is 19.3 Å². The number of alkyl halides is 8. The molecular weight excluding hydrogens is 547 g/mol. The van der Waals surface area contributed by atoms with Crippen LogP contribution in [0.2, 0.25) is 0 Å². The van der Waals surface area contributed by atoms with Crippen molar-refractivity contribution >= 4 is 40.3 Å². The summed E-state index contributed by atoms with van der Waals surface area (Å²) in [7, 11) is -3.59. The van der Waals surface area contributed by atoms with Crippen LogP contribution in [0, 0.1) is 0 Å². The molecule has 1 atom stereocenters. The van der Waals surface area contributed by atoms with Crippen molar-refractivity contribution in [3.8, 4) is 0 Å². The highest BCUT2D eigenvalue weighted by molar-refractivity contribution is 14.1. The molecule has 0 spiro atoms. The third-order valence-corrected chi connectivity index (χ3v) is 9.14. The Labute approximate surface area is 183 Å². The lowest BCUT2D eigenvalue weighted by Gasteiger charge is -2.32. The third-order valence-electron chi connectivity index (χ3n) is 4.84. The van der Waals surface area contributed by atoms with E-state index in [1.165, 1.54) is 0 Å². The van der Waals surface area contributed by atoms with Crippen LogP contribution in [0.3, 0.4) is 0 Å². The van der Waals surface area contributed by atoms with Crippen LogP contribution in [0.5, 0.6) is 0 Å². The fraction of sp³-hybridized carbons (Fsp3) is 0.400. The average Bonchev–Trinajstić information content (AvgIpc) is 2.71. The molecule has 2 rings (SSSR count). The molecule has 1 nitrogen and oxygen atoms in total. The quantitative estimate of drug-likeness (QED) is 0.141. The minimum absolute atomic E-state index is 0.120. The second-order valence-corrected chi connectivity index (χ2v) is 10.9. The molecule has 0 amide bonds. The van der Waals surface area contributed by atoms with Gasteiger partial charge in [-0.3, -0.25) is 0 Å². The summed E-state index contributed by atoms with van der Waals surface area (Å²) in [5.74, 6) is -11.5. The zero-order valence-electron chi connectivity index (χ0n) is 15.6. The maximum Gasteiger partial charge on any atom is 0.459 e. The minimum Gasteiger partial charge on any atom is -0.313 e. The molecule has 0 radical (unpaired) electrons. The van der Waals surface area contributed by atoms with Crippen molar-refractivity contribution in [3.63, 3.8) is 0 Å². The van der Waals surface area contributed by atoms with Gasteiger partial charge in [0.05, 0.1) is 0 Å². The molecule has 0 aliphatic rings. The van der Waals surface area contributed by atoms with Crippen molar-refractivity contribution in [2.45, 2.75) is 42.9 Å².